The molecular weight excluding hydrogens is 256 g/mol. The second-order valence-corrected chi connectivity index (χ2v) is 4.72. The predicted octanol–water partition coefficient (Wildman–Crippen LogP) is 3.60. The molecule has 0 aliphatic carbocycles. The van der Waals surface area contributed by atoms with Crippen molar-refractivity contribution in [2.24, 2.45) is 4.99 Å². The van der Waals surface area contributed by atoms with Crippen LogP contribution >= 0.6 is 0 Å². The van der Waals surface area contributed by atoms with E-state index in [1.165, 1.54) is 6.07 Å². The number of nitro groups is 1. The van der Waals surface area contributed by atoms with Crippen LogP contribution in [0.5, 0.6) is 0 Å². The van der Waals surface area contributed by atoms with Crippen LogP contribution in [0.3, 0.4) is 0 Å². The van der Waals surface area contributed by atoms with Gasteiger partial charge in [-0.2, -0.15) is 0 Å². The highest BCUT2D eigenvalue weighted by Gasteiger charge is 2.13. The summed E-state index contributed by atoms with van der Waals surface area (Å²) >= 11 is 0. The van der Waals surface area contributed by atoms with Gasteiger partial charge in [-0.1, -0.05) is 24.6 Å². The third kappa shape index (κ3) is 3.66. The van der Waals surface area contributed by atoms with E-state index in [1.54, 1.807) is 31.4 Å². The van der Waals surface area contributed by atoms with Gasteiger partial charge in [-0.3, -0.25) is 10.1 Å². The van der Waals surface area contributed by atoms with Crippen LogP contribution in [0.2, 0.25) is 0 Å². The van der Waals surface area contributed by atoms with Gasteiger partial charge in [0.25, 0.3) is 5.69 Å². The number of benzene rings is 1. The Bertz CT molecular complexity index is 538. The maximum Gasteiger partial charge on any atom is 0.276 e. The average molecular weight is 274 g/mol. The second kappa shape index (κ2) is 6.84. The van der Waals surface area contributed by atoms with Crippen molar-refractivity contribution in [1.82, 2.24) is 0 Å². The molecular formula is C15H18N2O3. The number of hydrogen-bond donors (Lipinski definition) is 0. The molecule has 1 aromatic rings. The highest BCUT2D eigenvalue weighted by Crippen LogP contribution is 2.21. The SMILES string of the molecule is COC1=NC(C=Cc2ccccc2[N+](=O)[O-])CCCC1. The van der Waals surface area contributed by atoms with Crippen molar-refractivity contribution in [3.05, 3.63) is 46.0 Å². The molecule has 5 heteroatoms. The van der Waals surface area contributed by atoms with Crippen molar-refractivity contribution in [3.63, 3.8) is 0 Å². The van der Waals surface area contributed by atoms with Crippen molar-refractivity contribution in [3.8, 4) is 0 Å². The van der Waals surface area contributed by atoms with E-state index in [9.17, 15) is 10.1 Å². The van der Waals surface area contributed by atoms with E-state index in [0.29, 0.717) is 5.56 Å². The van der Waals surface area contributed by atoms with Crippen LogP contribution in [0.15, 0.2) is 35.3 Å². The zero-order valence-electron chi connectivity index (χ0n) is 11.5. The molecule has 0 amide bonds. The molecule has 0 N–H and O–H groups in total. The summed E-state index contributed by atoms with van der Waals surface area (Å²) in [6.07, 6.45) is 7.68. The van der Waals surface area contributed by atoms with Gasteiger partial charge in [-0.15, -0.1) is 0 Å². The molecule has 106 valence electrons. The monoisotopic (exact) mass is 274 g/mol. The van der Waals surface area contributed by atoms with Crippen LogP contribution in [-0.4, -0.2) is 24.0 Å². The summed E-state index contributed by atoms with van der Waals surface area (Å²) in [5, 5.41) is 11.0. The molecule has 1 aliphatic heterocycles. The Hall–Kier alpha value is -2.17. The van der Waals surface area contributed by atoms with Gasteiger partial charge in [0.15, 0.2) is 5.90 Å². The molecule has 0 radical (unpaired) electrons. The van der Waals surface area contributed by atoms with E-state index in [0.717, 1.165) is 31.6 Å². The molecule has 0 saturated heterocycles. The van der Waals surface area contributed by atoms with Gasteiger partial charge in [0, 0.05) is 12.5 Å². The molecule has 0 fully saturated rings. The Morgan fingerprint density at radius 2 is 2.20 bits per heavy atom. The number of rotatable bonds is 3. The van der Waals surface area contributed by atoms with Gasteiger partial charge >= 0.3 is 0 Å². The first-order valence-corrected chi connectivity index (χ1v) is 6.73. The van der Waals surface area contributed by atoms with E-state index in [2.05, 4.69) is 4.99 Å². The molecule has 0 aromatic heterocycles. The Balaban J connectivity index is 2.18. The summed E-state index contributed by atoms with van der Waals surface area (Å²) in [4.78, 5) is 15.1. The minimum atomic E-state index is -0.364. The van der Waals surface area contributed by atoms with Crippen LogP contribution in [0.4, 0.5) is 5.69 Å². The first-order valence-electron chi connectivity index (χ1n) is 6.73. The molecule has 1 heterocycles. The van der Waals surface area contributed by atoms with Gasteiger partial charge in [-0.05, 0) is 25.0 Å². The third-order valence-electron chi connectivity index (χ3n) is 3.32. The van der Waals surface area contributed by atoms with Crippen molar-refractivity contribution in [2.75, 3.05) is 7.11 Å². The van der Waals surface area contributed by atoms with Crippen LogP contribution in [0, 0.1) is 10.1 Å². The number of hydrogen-bond acceptors (Lipinski definition) is 4. The zero-order chi connectivity index (χ0) is 14.4. The van der Waals surface area contributed by atoms with Crippen molar-refractivity contribution >= 4 is 17.7 Å². The largest absolute Gasteiger partial charge is 0.484 e. The number of ether oxygens (including phenoxy) is 1. The van der Waals surface area contributed by atoms with Crippen molar-refractivity contribution in [1.29, 1.82) is 0 Å². The zero-order valence-corrected chi connectivity index (χ0v) is 11.5. The number of para-hydroxylation sites is 1. The molecule has 1 atom stereocenters. The van der Waals surface area contributed by atoms with Crippen LogP contribution in [0.1, 0.15) is 31.2 Å². The number of nitro benzene ring substituents is 1. The number of aliphatic imine (C=N–C) groups is 1. The van der Waals surface area contributed by atoms with E-state index in [4.69, 9.17) is 4.74 Å². The highest BCUT2D eigenvalue weighted by molar-refractivity contribution is 5.76. The Kier molecular flexibility index (Phi) is 4.87. The van der Waals surface area contributed by atoms with Crippen LogP contribution in [0.25, 0.3) is 6.08 Å². The summed E-state index contributed by atoms with van der Waals surface area (Å²) in [7, 11) is 1.63. The van der Waals surface area contributed by atoms with Crippen LogP contribution in [-0.2, 0) is 4.74 Å². The summed E-state index contributed by atoms with van der Waals surface area (Å²) in [6.45, 7) is 0. The molecule has 5 nitrogen and oxygen atoms in total. The third-order valence-corrected chi connectivity index (χ3v) is 3.32. The molecule has 1 aliphatic rings. The quantitative estimate of drug-likeness (QED) is 0.625. The topological polar surface area (TPSA) is 64.7 Å². The molecule has 2 rings (SSSR count). The van der Waals surface area contributed by atoms with Gasteiger partial charge in [-0.25, -0.2) is 4.99 Å². The highest BCUT2D eigenvalue weighted by atomic mass is 16.6. The summed E-state index contributed by atoms with van der Waals surface area (Å²) in [6, 6.07) is 6.75. The molecule has 20 heavy (non-hydrogen) atoms. The average Bonchev–Trinajstić information content (AvgIpc) is 2.70. The minimum Gasteiger partial charge on any atom is -0.484 e. The Morgan fingerprint density at radius 3 is 2.95 bits per heavy atom. The van der Waals surface area contributed by atoms with E-state index < -0.39 is 0 Å². The molecule has 0 saturated carbocycles. The molecule has 1 aromatic carbocycles. The number of nitrogens with zero attached hydrogens (tertiary/aromatic N) is 2. The van der Waals surface area contributed by atoms with E-state index in [1.807, 2.05) is 6.08 Å². The summed E-state index contributed by atoms with van der Waals surface area (Å²) in [5.74, 6) is 0.764. The molecule has 1 unspecified atom stereocenters. The summed E-state index contributed by atoms with van der Waals surface area (Å²) in [5.41, 5.74) is 0.726. The van der Waals surface area contributed by atoms with Gasteiger partial charge < -0.3 is 4.74 Å². The maximum atomic E-state index is 11.0. The first-order chi connectivity index (χ1) is 9.70. The lowest BCUT2D eigenvalue weighted by molar-refractivity contribution is -0.385. The lowest BCUT2D eigenvalue weighted by Crippen LogP contribution is -2.04. The van der Waals surface area contributed by atoms with Crippen molar-refractivity contribution in [2.45, 2.75) is 31.7 Å². The fourth-order valence-electron chi connectivity index (χ4n) is 2.25. The lowest BCUT2D eigenvalue weighted by atomic mass is 10.1. The van der Waals surface area contributed by atoms with Crippen molar-refractivity contribution < 1.29 is 9.66 Å². The van der Waals surface area contributed by atoms with Gasteiger partial charge in [0.2, 0.25) is 0 Å². The first kappa shape index (κ1) is 14.2. The van der Waals surface area contributed by atoms with E-state index >= 15 is 0 Å². The fourth-order valence-corrected chi connectivity index (χ4v) is 2.25. The predicted molar refractivity (Wildman–Crippen MR) is 78.8 cm³/mol. The lowest BCUT2D eigenvalue weighted by Gasteiger charge is -2.06. The fraction of sp³-hybridized carbons (Fsp3) is 0.400. The normalized spacial score (nSPS) is 19.4. The smallest absolute Gasteiger partial charge is 0.276 e. The minimum absolute atomic E-state index is 0.0345. The molecule has 0 bridgehead atoms. The molecule has 0 spiro atoms. The van der Waals surface area contributed by atoms with Crippen LogP contribution < -0.4 is 0 Å². The van der Waals surface area contributed by atoms with Gasteiger partial charge in [0.1, 0.15) is 0 Å². The maximum absolute atomic E-state index is 11.0. The standard InChI is InChI=1S/C15H18N2O3/c1-20-15-9-5-3-7-13(16-15)11-10-12-6-2-4-8-14(12)17(18)19/h2,4,6,8,10-11,13H,3,5,7,9H2,1H3. The number of methoxy groups -OCH3 is 1. The summed E-state index contributed by atoms with van der Waals surface area (Å²) < 4.78 is 5.22. The Labute approximate surface area is 118 Å². The second-order valence-electron chi connectivity index (χ2n) is 4.72. The van der Waals surface area contributed by atoms with Gasteiger partial charge in [0.05, 0.1) is 23.6 Å². The van der Waals surface area contributed by atoms with E-state index in [-0.39, 0.29) is 16.7 Å². The Morgan fingerprint density at radius 1 is 1.40 bits per heavy atom.